The van der Waals surface area contributed by atoms with Gasteiger partial charge in [-0.1, -0.05) is 0 Å². The van der Waals surface area contributed by atoms with Gasteiger partial charge in [0.05, 0.1) is 25.4 Å². The van der Waals surface area contributed by atoms with E-state index in [2.05, 4.69) is 0 Å². The average molecular weight is 318 g/mol. The molecule has 6 aliphatic rings. The number of fused-ring (bicyclic) bond motifs is 4. The van der Waals surface area contributed by atoms with Crippen LogP contribution in [0.15, 0.2) is 0 Å². The number of ether oxygens (including phenoxy) is 3. The highest BCUT2D eigenvalue weighted by molar-refractivity contribution is 5.09. The maximum Gasteiger partial charge on any atom is 0.108 e. The Morgan fingerprint density at radius 2 is 1.13 bits per heavy atom. The lowest BCUT2D eigenvalue weighted by atomic mass is 9.80. The van der Waals surface area contributed by atoms with Crippen LogP contribution in [-0.2, 0) is 14.2 Å². The van der Waals surface area contributed by atoms with Gasteiger partial charge in [0.2, 0.25) is 0 Å². The summed E-state index contributed by atoms with van der Waals surface area (Å²) in [5.74, 6) is 2.03. The summed E-state index contributed by atoms with van der Waals surface area (Å²) >= 11 is 0. The Balaban J connectivity index is 0.969. The third-order valence-electron chi connectivity index (χ3n) is 8.53. The Morgan fingerprint density at radius 3 is 1.48 bits per heavy atom. The van der Waals surface area contributed by atoms with Crippen molar-refractivity contribution < 1.29 is 14.2 Å². The normalized spacial score (nSPS) is 59.0. The van der Waals surface area contributed by atoms with E-state index >= 15 is 0 Å². The lowest BCUT2D eigenvalue weighted by Crippen LogP contribution is -2.26. The second kappa shape index (κ2) is 4.74. The molecule has 0 spiro atoms. The molecule has 0 N–H and O–H groups in total. The third-order valence-corrected chi connectivity index (χ3v) is 8.53. The van der Waals surface area contributed by atoms with Gasteiger partial charge >= 0.3 is 0 Å². The van der Waals surface area contributed by atoms with Crippen molar-refractivity contribution in [2.45, 2.75) is 88.6 Å². The summed E-state index contributed by atoms with van der Waals surface area (Å²) in [6.45, 7) is 1.61. The molecule has 0 aromatic rings. The fourth-order valence-electron chi connectivity index (χ4n) is 7.19. The maximum atomic E-state index is 6.03. The molecule has 4 atom stereocenters. The van der Waals surface area contributed by atoms with Crippen molar-refractivity contribution in [3.05, 3.63) is 0 Å². The van der Waals surface area contributed by atoms with Crippen LogP contribution in [0.4, 0.5) is 0 Å². The standard InChI is InChI=1S/C20H30O3/c1-5-19(6-2-13(1)9-19)17-15(22-17)11-21-12-16-18(23-16)20-7-3-14(10-20)4-8-20/h13-18H,1-12H2. The fraction of sp³-hybridized carbons (Fsp3) is 1.00. The van der Waals surface area contributed by atoms with Crippen LogP contribution in [0.25, 0.3) is 0 Å². The van der Waals surface area contributed by atoms with Crippen molar-refractivity contribution >= 4 is 0 Å². The molecule has 0 radical (unpaired) electrons. The minimum Gasteiger partial charge on any atom is -0.376 e. The van der Waals surface area contributed by atoms with E-state index < -0.39 is 0 Å². The minimum atomic E-state index is 0.393. The molecule has 4 saturated carbocycles. The van der Waals surface area contributed by atoms with E-state index in [1.807, 2.05) is 0 Å². The Morgan fingerprint density at radius 1 is 0.696 bits per heavy atom. The lowest BCUT2D eigenvalue weighted by Gasteiger charge is -2.24. The van der Waals surface area contributed by atoms with E-state index in [0.717, 1.165) is 25.0 Å². The van der Waals surface area contributed by atoms with Gasteiger partial charge in [-0.25, -0.2) is 0 Å². The van der Waals surface area contributed by atoms with Gasteiger partial charge < -0.3 is 14.2 Å². The molecule has 4 bridgehead atoms. The lowest BCUT2D eigenvalue weighted by molar-refractivity contribution is 0.101. The summed E-state index contributed by atoms with van der Waals surface area (Å²) in [5.41, 5.74) is 1.11. The van der Waals surface area contributed by atoms with Gasteiger partial charge in [0, 0.05) is 0 Å². The van der Waals surface area contributed by atoms with Crippen molar-refractivity contribution in [1.82, 2.24) is 0 Å². The first-order chi connectivity index (χ1) is 11.3. The second-order valence-corrected chi connectivity index (χ2v) is 9.75. The Kier molecular flexibility index (Phi) is 2.90. The first kappa shape index (κ1) is 14.1. The molecule has 128 valence electrons. The summed E-state index contributed by atoms with van der Waals surface area (Å²) in [7, 11) is 0. The molecule has 0 aromatic heterocycles. The highest BCUT2D eigenvalue weighted by Gasteiger charge is 2.61. The van der Waals surface area contributed by atoms with E-state index in [4.69, 9.17) is 14.2 Å². The van der Waals surface area contributed by atoms with Crippen LogP contribution in [0.1, 0.15) is 64.2 Å². The van der Waals surface area contributed by atoms with E-state index in [9.17, 15) is 0 Å². The van der Waals surface area contributed by atoms with E-state index in [0.29, 0.717) is 35.2 Å². The summed E-state index contributed by atoms with van der Waals surface area (Å²) < 4.78 is 18.1. The van der Waals surface area contributed by atoms with E-state index in [1.165, 1.54) is 64.2 Å². The van der Waals surface area contributed by atoms with Gasteiger partial charge in [-0.3, -0.25) is 0 Å². The van der Waals surface area contributed by atoms with Crippen LogP contribution in [0.2, 0.25) is 0 Å². The summed E-state index contributed by atoms with van der Waals surface area (Å²) in [6.07, 6.45) is 16.2. The van der Waals surface area contributed by atoms with Gasteiger partial charge in [0.15, 0.2) is 0 Å². The van der Waals surface area contributed by atoms with Crippen molar-refractivity contribution in [1.29, 1.82) is 0 Å². The summed E-state index contributed by atoms with van der Waals surface area (Å²) in [6, 6.07) is 0. The van der Waals surface area contributed by atoms with Crippen molar-refractivity contribution in [3.8, 4) is 0 Å². The van der Waals surface area contributed by atoms with Gasteiger partial charge in [-0.05, 0) is 86.9 Å². The topological polar surface area (TPSA) is 34.3 Å². The first-order valence-electron chi connectivity index (χ1n) is 10.2. The average Bonchev–Trinajstić information content (AvgIpc) is 3.31. The van der Waals surface area contributed by atoms with Gasteiger partial charge in [0.25, 0.3) is 0 Å². The molecule has 2 aliphatic heterocycles. The van der Waals surface area contributed by atoms with E-state index in [1.54, 1.807) is 0 Å². The van der Waals surface area contributed by atoms with Crippen molar-refractivity contribution in [3.63, 3.8) is 0 Å². The Bertz CT molecular complexity index is 443. The van der Waals surface area contributed by atoms with E-state index in [-0.39, 0.29) is 0 Å². The summed E-state index contributed by atoms with van der Waals surface area (Å²) in [5, 5.41) is 0. The fourth-order valence-corrected chi connectivity index (χ4v) is 7.19. The highest BCUT2D eigenvalue weighted by atomic mass is 16.6. The quantitative estimate of drug-likeness (QED) is 0.700. The molecule has 6 fully saturated rings. The number of epoxide rings is 2. The molecular formula is C20H30O3. The minimum absolute atomic E-state index is 0.393. The van der Waals surface area contributed by atoms with Gasteiger partial charge in [0.1, 0.15) is 12.2 Å². The van der Waals surface area contributed by atoms with Crippen LogP contribution in [0.5, 0.6) is 0 Å². The molecule has 4 unspecified atom stereocenters. The predicted molar refractivity (Wildman–Crippen MR) is 86.2 cm³/mol. The highest BCUT2D eigenvalue weighted by Crippen LogP contribution is 2.62. The zero-order valence-corrected chi connectivity index (χ0v) is 14.2. The second-order valence-electron chi connectivity index (χ2n) is 9.75. The summed E-state index contributed by atoms with van der Waals surface area (Å²) in [4.78, 5) is 0. The van der Waals surface area contributed by atoms with Crippen LogP contribution in [0, 0.1) is 22.7 Å². The van der Waals surface area contributed by atoms with Gasteiger partial charge in [-0.2, -0.15) is 0 Å². The molecule has 4 aliphatic carbocycles. The van der Waals surface area contributed by atoms with Crippen molar-refractivity contribution in [2.24, 2.45) is 22.7 Å². The first-order valence-corrected chi connectivity index (χ1v) is 10.2. The molecule has 0 amide bonds. The molecular weight excluding hydrogens is 288 g/mol. The third kappa shape index (κ3) is 2.12. The molecule has 3 heteroatoms. The van der Waals surface area contributed by atoms with Crippen LogP contribution in [0.3, 0.4) is 0 Å². The molecule has 2 saturated heterocycles. The van der Waals surface area contributed by atoms with Crippen molar-refractivity contribution in [2.75, 3.05) is 13.2 Å². The Hall–Kier alpha value is -0.120. The molecule has 6 rings (SSSR count). The van der Waals surface area contributed by atoms with Crippen LogP contribution >= 0.6 is 0 Å². The largest absolute Gasteiger partial charge is 0.376 e. The zero-order chi connectivity index (χ0) is 15.1. The number of hydrogen-bond donors (Lipinski definition) is 0. The SMILES string of the molecule is C1CC2(C3OC3COCC3OC3C34CCC(CC3)C4)CCC1C2. The number of hydrogen-bond acceptors (Lipinski definition) is 3. The zero-order valence-electron chi connectivity index (χ0n) is 14.2. The molecule has 0 aromatic carbocycles. The predicted octanol–water partition coefficient (Wildman–Crippen LogP) is 3.70. The smallest absolute Gasteiger partial charge is 0.108 e. The molecule has 2 heterocycles. The maximum absolute atomic E-state index is 6.03. The van der Waals surface area contributed by atoms with Gasteiger partial charge in [-0.15, -0.1) is 0 Å². The van der Waals surface area contributed by atoms with Crippen LogP contribution in [-0.4, -0.2) is 37.6 Å². The van der Waals surface area contributed by atoms with Crippen LogP contribution < -0.4 is 0 Å². The number of rotatable bonds is 6. The Labute approximate surface area is 139 Å². The molecule has 3 nitrogen and oxygen atoms in total. The monoisotopic (exact) mass is 318 g/mol. The molecule has 23 heavy (non-hydrogen) atoms.